The first-order valence-corrected chi connectivity index (χ1v) is 10.2. The summed E-state index contributed by atoms with van der Waals surface area (Å²) in [6.07, 6.45) is 0. The molecule has 3 rings (SSSR count). The highest BCUT2D eigenvalue weighted by molar-refractivity contribution is 7.99. The number of amides is 2. The maximum absolute atomic E-state index is 13.0. The zero-order chi connectivity index (χ0) is 21.5. The first-order chi connectivity index (χ1) is 14.5. The molecule has 0 saturated carbocycles. The number of hydrogen-bond donors (Lipinski definition) is 1. The maximum atomic E-state index is 13.0. The Labute approximate surface area is 180 Å². The first-order valence-electron chi connectivity index (χ1n) is 9.36. The number of anilines is 1. The van der Waals surface area contributed by atoms with Crippen LogP contribution >= 0.6 is 11.8 Å². The standard InChI is InChI=1S/C24H21N3O2S/c1-17-11-13-19(14-12-17)26-23(28)16-27(2)24(29)20-8-4-6-10-22(20)30-21-9-5-3-7-18(21)15-25/h3-14H,16H2,1-2H3,(H,26,28). The second-order valence-electron chi connectivity index (χ2n) is 6.78. The van der Waals surface area contributed by atoms with Crippen LogP contribution in [0.5, 0.6) is 0 Å². The second-order valence-corrected chi connectivity index (χ2v) is 7.87. The van der Waals surface area contributed by atoms with Crippen molar-refractivity contribution in [1.82, 2.24) is 4.90 Å². The van der Waals surface area contributed by atoms with Crippen molar-refractivity contribution in [3.8, 4) is 6.07 Å². The summed E-state index contributed by atoms with van der Waals surface area (Å²) in [5, 5.41) is 12.1. The van der Waals surface area contributed by atoms with Crippen LogP contribution < -0.4 is 5.32 Å². The molecule has 3 aromatic rings. The van der Waals surface area contributed by atoms with E-state index in [0.717, 1.165) is 15.4 Å². The molecule has 0 aromatic heterocycles. The number of rotatable bonds is 6. The Kier molecular flexibility index (Phi) is 6.89. The molecule has 5 nitrogen and oxygen atoms in total. The number of aryl methyl sites for hydroxylation is 1. The molecule has 150 valence electrons. The normalized spacial score (nSPS) is 10.2. The molecule has 0 unspecified atom stereocenters. The zero-order valence-corrected chi connectivity index (χ0v) is 17.6. The third-order valence-electron chi connectivity index (χ3n) is 4.41. The van der Waals surface area contributed by atoms with Crippen LogP contribution in [0.15, 0.2) is 82.6 Å². The fourth-order valence-corrected chi connectivity index (χ4v) is 3.85. The van der Waals surface area contributed by atoms with Gasteiger partial charge >= 0.3 is 0 Å². The number of nitrogens with zero attached hydrogens (tertiary/aromatic N) is 2. The lowest BCUT2D eigenvalue weighted by Crippen LogP contribution is -2.35. The number of likely N-dealkylation sites (N-methyl/N-ethyl adjacent to an activating group) is 1. The Balaban J connectivity index is 1.72. The number of carbonyl (C=O) groups excluding carboxylic acids is 2. The van der Waals surface area contributed by atoms with Crippen LogP contribution in [0.1, 0.15) is 21.5 Å². The number of hydrogen-bond acceptors (Lipinski definition) is 4. The van der Waals surface area contributed by atoms with Gasteiger partial charge in [-0.1, -0.05) is 53.7 Å². The number of benzene rings is 3. The molecule has 2 amide bonds. The highest BCUT2D eigenvalue weighted by Crippen LogP contribution is 2.33. The van der Waals surface area contributed by atoms with Gasteiger partial charge in [0.1, 0.15) is 6.07 Å². The van der Waals surface area contributed by atoms with Crippen LogP contribution in [-0.2, 0) is 4.79 Å². The Morgan fingerprint density at radius 3 is 2.30 bits per heavy atom. The molecule has 0 heterocycles. The Morgan fingerprint density at radius 1 is 0.967 bits per heavy atom. The van der Waals surface area contributed by atoms with Crippen molar-refractivity contribution in [1.29, 1.82) is 5.26 Å². The van der Waals surface area contributed by atoms with Gasteiger partial charge in [0.25, 0.3) is 5.91 Å². The minimum Gasteiger partial charge on any atom is -0.332 e. The maximum Gasteiger partial charge on any atom is 0.255 e. The average Bonchev–Trinajstić information content (AvgIpc) is 2.75. The average molecular weight is 416 g/mol. The van der Waals surface area contributed by atoms with E-state index in [9.17, 15) is 14.9 Å². The summed E-state index contributed by atoms with van der Waals surface area (Å²) < 4.78 is 0. The third-order valence-corrected chi connectivity index (χ3v) is 5.56. The monoisotopic (exact) mass is 415 g/mol. The Bertz CT molecular complexity index is 1100. The highest BCUT2D eigenvalue weighted by Gasteiger charge is 2.19. The van der Waals surface area contributed by atoms with Crippen molar-refractivity contribution in [3.63, 3.8) is 0 Å². The van der Waals surface area contributed by atoms with Crippen molar-refractivity contribution < 1.29 is 9.59 Å². The van der Waals surface area contributed by atoms with E-state index in [1.807, 2.05) is 55.5 Å². The molecule has 0 aliphatic rings. The summed E-state index contributed by atoms with van der Waals surface area (Å²) in [7, 11) is 1.60. The smallest absolute Gasteiger partial charge is 0.255 e. The summed E-state index contributed by atoms with van der Waals surface area (Å²) >= 11 is 1.36. The number of nitriles is 1. The van der Waals surface area contributed by atoms with Crippen molar-refractivity contribution >= 4 is 29.3 Å². The molecular weight excluding hydrogens is 394 g/mol. The van der Waals surface area contributed by atoms with Gasteiger partial charge in [-0.15, -0.1) is 0 Å². The topological polar surface area (TPSA) is 73.2 Å². The van der Waals surface area contributed by atoms with Gasteiger partial charge in [-0.05, 0) is 43.3 Å². The van der Waals surface area contributed by atoms with Crippen molar-refractivity contribution in [2.24, 2.45) is 0 Å². The van der Waals surface area contributed by atoms with E-state index < -0.39 is 0 Å². The first kappa shape index (κ1) is 21.2. The molecular formula is C24H21N3O2S. The highest BCUT2D eigenvalue weighted by atomic mass is 32.2. The van der Waals surface area contributed by atoms with Gasteiger partial charge in [-0.2, -0.15) is 5.26 Å². The minimum atomic E-state index is -0.269. The van der Waals surface area contributed by atoms with E-state index >= 15 is 0 Å². The van der Waals surface area contributed by atoms with E-state index in [1.54, 1.807) is 31.3 Å². The van der Waals surface area contributed by atoms with Gasteiger partial charge in [0.15, 0.2) is 0 Å². The lowest BCUT2D eigenvalue weighted by atomic mass is 10.2. The van der Waals surface area contributed by atoms with E-state index in [0.29, 0.717) is 16.8 Å². The Morgan fingerprint density at radius 2 is 1.60 bits per heavy atom. The largest absolute Gasteiger partial charge is 0.332 e. The van der Waals surface area contributed by atoms with Crippen molar-refractivity contribution in [2.75, 3.05) is 18.9 Å². The second kappa shape index (κ2) is 9.77. The van der Waals surface area contributed by atoms with Crippen molar-refractivity contribution in [2.45, 2.75) is 16.7 Å². The van der Waals surface area contributed by atoms with E-state index in [4.69, 9.17) is 0 Å². The predicted octanol–water partition coefficient (Wildman–Crippen LogP) is 4.73. The van der Waals surface area contributed by atoms with E-state index in [1.165, 1.54) is 16.7 Å². The predicted molar refractivity (Wildman–Crippen MR) is 118 cm³/mol. The number of nitrogens with one attached hydrogen (secondary N) is 1. The summed E-state index contributed by atoms with van der Waals surface area (Å²) in [5.74, 6) is -0.527. The molecule has 0 spiro atoms. The molecule has 0 aliphatic carbocycles. The minimum absolute atomic E-state index is 0.0690. The number of carbonyl (C=O) groups is 2. The van der Waals surface area contributed by atoms with Crippen LogP contribution in [0.2, 0.25) is 0 Å². The summed E-state index contributed by atoms with van der Waals surface area (Å²) in [4.78, 5) is 28.3. The SMILES string of the molecule is Cc1ccc(NC(=O)CN(C)C(=O)c2ccccc2Sc2ccccc2C#N)cc1. The van der Waals surface area contributed by atoms with E-state index in [-0.39, 0.29) is 18.4 Å². The van der Waals surface area contributed by atoms with Gasteiger partial charge in [-0.3, -0.25) is 9.59 Å². The van der Waals surface area contributed by atoms with Crippen LogP contribution in [0, 0.1) is 18.3 Å². The van der Waals surface area contributed by atoms with E-state index in [2.05, 4.69) is 11.4 Å². The molecule has 6 heteroatoms. The summed E-state index contributed by atoms with van der Waals surface area (Å²) in [5.41, 5.74) is 2.83. The molecule has 0 aliphatic heterocycles. The fraction of sp³-hybridized carbons (Fsp3) is 0.125. The molecule has 0 saturated heterocycles. The van der Waals surface area contributed by atoms with Crippen molar-refractivity contribution in [3.05, 3.63) is 89.5 Å². The molecule has 3 aromatic carbocycles. The van der Waals surface area contributed by atoms with Crippen LogP contribution in [0.3, 0.4) is 0 Å². The van der Waals surface area contributed by atoms with Gasteiger partial charge in [-0.25, -0.2) is 0 Å². The molecule has 0 atom stereocenters. The Hall–Kier alpha value is -3.56. The fourth-order valence-electron chi connectivity index (χ4n) is 2.83. The zero-order valence-electron chi connectivity index (χ0n) is 16.8. The van der Waals surface area contributed by atoms with Gasteiger partial charge in [0.05, 0.1) is 17.7 Å². The molecule has 0 radical (unpaired) electrons. The van der Waals surface area contributed by atoms with Gasteiger partial charge in [0, 0.05) is 22.5 Å². The summed E-state index contributed by atoms with van der Waals surface area (Å²) in [6, 6.07) is 24.1. The third kappa shape index (κ3) is 5.28. The molecule has 30 heavy (non-hydrogen) atoms. The molecule has 1 N–H and O–H groups in total. The van der Waals surface area contributed by atoms with Gasteiger partial charge < -0.3 is 10.2 Å². The molecule has 0 fully saturated rings. The van der Waals surface area contributed by atoms with Gasteiger partial charge in [0.2, 0.25) is 5.91 Å². The van der Waals surface area contributed by atoms with Crippen LogP contribution in [-0.4, -0.2) is 30.3 Å². The molecule has 0 bridgehead atoms. The lowest BCUT2D eigenvalue weighted by molar-refractivity contribution is -0.116. The lowest BCUT2D eigenvalue weighted by Gasteiger charge is -2.19. The van der Waals surface area contributed by atoms with Crippen LogP contribution in [0.25, 0.3) is 0 Å². The quantitative estimate of drug-likeness (QED) is 0.632. The van der Waals surface area contributed by atoms with Crippen LogP contribution in [0.4, 0.5) is 5.69 Å². The summed E-state index contributed by atoms with van der Waals surface area (Å²) in [6.45, 7) is 1.91.